The van der Waals surface area contributed by atoms with E-state index in [0.29, 0.717) is 12.8 Å². The van der Waals surface area contributed by atoms with Crippen molar-refractivity contribution in [2.75, 3.05) is 0 Å². The molecule has 1 saturated carbocycles. The molecule has 2 rings (SSSR count). The van der Waals surface area contributed by atoms with E-state index in [2.05, 4.69) is 10.9 Å². The number of aliphatic hydroxyl groups is 1. The molecule has 0 radical (unpaired) electrons. The summed E-state index contributed by atoms with van der Waals surface area (Å²) in [6.45, 7) is 0. The zero-order chi connectivity index (χ0) is 14.6. The molecule has 1 aliphatic rings. The van der Waals surface area contributed by atoms with Gasteiger partial charge in [0, 0.05) is 0 Å². The summed E-state index contributed by atoms with van der Waals surface area (Å²) in [4.78, 5) is 23.4. The first kappa shape index (κ1) is 14.5. The fourth-order valence-corrected chi connectivity index (χ4v) is 2.29. The molecule has 0 atom stereocenters. The van der Waals surface area contributed by atoms with Crippen molar-refractivity contribution in [2.24, 2.45) is 0 Å². The SMILES string of the molecule is O=C(Cc1ccccc1F)NNC(=O)C1(O)CCCC1. The van der Waals surface area contributed by atoms with Crippen LogP contribution in [-0.2, 0) is 16.0 Å². The average molecular weight is 280 g/mol. The van der Waals surface area contributed by atoms with Crippen LogP contribution < -0.4 is 10.9 Å². The van der Waals surface area contributed by atoms with Gasteiger partial charge >= 0.3 is 0 Å². The van der Waals surface area contributed by atoms with Crippen LogP contribution in [0.4, 0.5) is 4.39 Å². The molecule has 1 aromatic rings. The second kappa shape index (κ2) is 6.00. The van der Waals surface area contributed by atoms with Gasteiger partial charge in [0.1, 0.15) is 11.4 Å². The summed E-state index contributed by atoms with van der Waals surface area (Å²) in [7, 11) is 0. The summed E-state index contributed by atoms with van der Waals surface area (Å²) >= 11 is 0. The molecule has 1 aromatic carbocycles. The molecule has 0 aliphatic heterocycles. The summed E-state index contributed by atoms with van der Waals surface area (Å²) in [5.41, 5.74) is 3.24. The lowest BCUT2D eigenvalue weighted by atomic mass is 10.0. The van der Waals surface area contributed by atoms with Crippen molar-refractivity contribution >= 4 is 11.8 Å². The minimum Gasteiger partial charge on any atom is -0.380 e. The maximum Gasteiger partial charge on any atom is 0.270 e. The number of hydrazine groups is 1. The van der Waals surface area contributed by atoms with Crippen LogP contribution >= 0.6 is 0 Å². The maximum absolute atomic E-state index is 13.3. The third-order valence-electron chi connectivity index (χ3n) is 3.48. The van der Waals surface area contributed by atoms with Gasteiger partial charge in [-0.2, -0.15) is 0 Å². The molecular weight excluding hydrogens is 263 g/mol. The minimum absolute atomic E-state index is 0.175. The number of hydrogen-bond acceptors (Lipinski definition) is 3. The molecule has 108 valence electrons. The van der Waals surface area contributed by atoms with Gasteiger partial charge in [-0.3, -0.25) is 20.4 Å². The number of carbonyl (C=O) groups is 2. The monoisotopic (exact) mass is 280 g/mol. The molecule has 1 fully saturated rings. The van der Waals surface area contributed by atoms with Gasteiger partial charge in [-0.05, 0) is 37.3 Å². The molecule has 0 bridgehead atoms. The molecule has 2 amide bonds. The highest BCUT2D eigenvalue weighted by molar-refractivity contribution is 5.88. The normalized spacial score (nSPS) is 16.7. The number of benzene rings is 1. The second-order valence-corrected chi connectivity index (χ2v) is 5.01. The smallest absolute Gasteiger partial charge is 0.270 e. The van der Waals surface area contributed by atoms with E-state index in [4.69, 9.17) is 0 Å². The minimum atomic E-state index is -1.40. The van der Waals surface area contributed by atoms with Gasteiger partial charge in [0.15, 0.2) is 0 Å². The summed E-state index contributed by atoms with van der Waals surface area (Å²) in [5.74, 6) is -1.62. The van der Waals surface area contributed by atoms with Crippen molar-refractivity contribution in [3.05, 3.63) is 35.6 Å². The standard InChI is InChI=1S/C14H17FN2O3/c15-11-6-2-1-5-10(11)9-12(18)16-17-13(19)14(20)7-3-4-8-14/h1-2,5-6,20H,3-4,7-9H2,(H,16,18)(H,17,19). The molecule has 6 heteroatoms. The highest BCUT2D eigenvalue weighted by atomic mass is 19.1. The topological polar surface area (TPSA) is 78.4 Å². The predicted octanol–water partition coefficient (Wildman–Crippen LogP) is 0.821. The lowest BCUT2D eigenvalue weighted by molar-refractivity contribution is -0.142. The van der Waals surface area contributed by atoms with Crippen molar-refractivity contribution in [1.29, 1.82) is 0 Å². The Bertz CT molecular complexity index is 513. The summed E-state index contributed by atoms with van der Waals surface area (Å²) in [6.07, 6.45) is 2.18. The highest BCUT2D eigenvalue weighted by Gasteiger charge is 2.38. The molecule has 0 spiro atoms. The number of nitrogens with one attached hydrogen (secondary N) is 2. The van der Waals surface area contributed by atoms with Crippen LogP contribution in [0.3, 0.4) is 0 Å². The molecule has 0 heterocycles. The van der Waals surface area contributed by atoms with Gasteiger partial charge in [0.2, 0.25) is 5.91 Å². The van der Waals surface area contributed by atoms with Crippen LogP contribution in [0.1, 0.15) is 31.2 Å². The van der Waals surface area contributed by atoms with Gasteiger partial charge in [-0.1, -0.05) is 18.2 Å². The van der Waals surface area contributed by atoms with Crippen molar-refractivity contribution in [1.82, 2.24) is 10.9 Å². The largest absolute Gasteiger partial charge is 0.380 e. The summed E-state index contributed by atoms with van der Waals surface area (Å²) in [5, 5.41) is 9.98. The molecule has 3 N–H and O–H groups in total. The van der Waals surface area contributed by atoms with Gasteiger partial charge in [-0.15, -0.1) is 0 Å². The van der Waals surface area contributed by atoms with Crippen molar-refractivity contribution in [3.63, 3.8) is 0 Å². The fraction of sp³-hybridized carbons (Fsp3) is 0.429. The predicted molar refractivity (Wildman–Crippen MR) is 69.8 cm³/mol. The van der Waals surface area contributed by atoms with Gasteiger partial charge < -0.3 is 5.11 Å². The lowest BCUT2D eigenvalue weighted by Crippen LogP contribution is -2.52. The second-order valence-electron chi connectivity index (χ2n) is 5.01. The van der Waals surface area contributed by atoms with Crippen LogP contribution in [0.15, 0.2) is 24.3 Å². The van der Waals surface area contributed by atoms with Crippen molar-refractivity contribution in [2.45, 2.75) is 37.7 Å². The van der Waals surface area contributed by atoms with Crippen LogP contribution in [0.5, 0.6) is 0 Å². The number of hydrogen-bond donors (Lipinski definition) is 3. The zero-order valence-corrected chi connectivity index (χ0v) is 11.0. The molecular formula is C14H17FN2O3. The Morgan fingerprint density at radius 3 is 2.50 bits per heavy atom. The first-order chi connectivity index (χ1) is 9.51. The van der Waals surface area contributed by atoms with Gasteiger partial charge in [0.25, 0.3) is 5.91 Å². The van der Waals surface area contributed by atoms with E-state index >= 15 is 0 Å². The van der Waals surface area contributed by atoms with E-state index in [1.807, 2.05) is 0 Å². The Morgan fingerprint density at radius 1 is 1.20 bits per heavy atom. The Kier molecular flexibility index (Phi) is 4.34. The lowest BCUT2D eigenvalue weighted by Gasteiger charge is -2.20. The van der Waals surface area contributed by atoms with Crippen LogP contribution in [0, 0.1) is 5.82 Å². The third-order valence-corrected chi connectivity index (χ3v) is 3.48. The number of carbonyl (C=O) groups excluding carboxylic acids is 2. The maximum atomic E-state index is 13.3. The Morgan fingerprint density at radius 2 is 1.85 bits per heavy atom. The van der Waals surface area contributed by atoms with Crippen LogP contribution in [0.2, 0.25) is 0 Å². The van der Waals surface area contributed by atoms with Crippen molar-refractivity contribution in [3.8, 4) is 0 Å². The number of halogens is 1. The molecule has 1 aliphatic carbocycles. The Balaban J connectivity index is 1.84. The average Bonchev–Trinajstić information content (AvgIpc) is 2.87. The molecule has 0 aromatic heterocycles. The highest BCUT2D eigenvalue weighted by Crippen LogP contribution is 2.29. The van der Waals surface area contributed by atoms with E-state index in [1.165, 1.54) is 18.2 Å². The van der Waals surface area contributed by atoms with E-state index < -0.39 is 23.2 Å². The third kappa shape index (κ3) is 3.33. The zero-order valence-electron chi connectivity index (χ0n) is 11.0. The molecule has 5 nitrogen and oxygen atoms in total. The quantitative estimate of drug-likeness (QED) is 0.717. The first-order valence-electron chi connectivity index (χ1n) is 6.56. The first-order valence-corrected chi connectivity index (χ1v) is 6.56. The van der Waals surface area contributed by atoms with E-state index in [-0.39, 0.29) is 12.0 Å². The van der Waals surface area contributed by atoms with Crippen LogP contribution in [-0.4, -0.2) is 22.5 Å². The fourth-order valence-electron chi connectivity index (χ4n) is 2.29. The molecule has 20 heavy (non-hydrogen) atoms. The summed E-state index contributed by atoms with van der Waals surface area (Å²) in [6, 6.07) is 5.93. The van der Waals surface area contributed by atoms with Gasteiger partial charge in [-0.25, -0.2) is 4.39 Å². The number of amides is 2. The Labute approximate surface area is 116 Å². The van der Waals surface area contributed by atoms with E-state index in [0.717, 1.165) is 12.8 Å². The van der Waals surface area contributed by atoms with E-state index in [1.54, 1.807) is 6.07 Å². The molecule has 0 saturated heterocycles. The number of rotatable bonds is 3. The van der Waals surface area contributed by atoms with E-state index in [9.17, 15) is 19.1 Å². The van der Waals surface area contributed by atoms with Crippen molar-refractivity contribution < 1.29 is 19.1 Å². The molecule has 0 unspecified atom stereocenters. The van der Waals surface area contributed by atoms with Gasteiger partial charge in [0.05, 0.1) is 6.42 Å². The Hall–Kier alpha value is -1.95. The summed E-state index contributed by atoms with van der Waals surface area (Å²) < 4.78 is 13.3. The van der Waals surface area contributed by atoms with Crippen LogP contribution in [0.25, 0.3) is 0 Å².